The van der Waals surface area contributed by atoms with E-state index in [-0.39, 0.29) is 10.0 Å². The second-order valence-electron chi connectivity index (χ2n) is 5.06. The molecule has 0 aromatic heterocycles. The maximum absolute atomic E-state index is 14.1. The molecule has 0 unspecified atom stereocenters. The molecule has 2 aromatic rings. The Morgan fingerprint density at radius 1 is 1.19 bits per heavy atom. The highest BCUT2D eigenvalue weighted by Gasteiger charge is 2.15. The van der Waals surface area contributed by atoms with Crippen molar-refractivity contribution >= 4 is 27.5 Å². The molecule has 2 rings (SSSR count). The van der Waals surface area contributed by atoms with Crippen molar-refractivity contribution in [1.82, 2.24) is 5.32 Å². The lowest BCUT2D eigenvalue weighted by Gasteiger charge is -2.12. The molecule has 1 nitrogen and oxygen atoms in total. The van der Waals surface area contributed by atoms with Gasteiger partial charge in [-0.05, 0) is 45.3 Å². The molecule has 0 aliphatic heterocycles. The summed E-state index contributed by atoms with van der Waals surface area (Å²) in [5, 5.41) is 3.74. The lowest BCUT2D eigenvalue weighted by atomic mass is 10.0. The van der Waals surface area contributed by atoms with Crippen molar-refractivity contribution in [3.05, 3.63) is 57.0 Å². The molecule has 0 bridgehead atoms. The predicted octanol–water partition coefficient (Wildman–Crippen LogP) is 5.55. The van der Waals surface area contributed by atoms with Crippen LogP contribution in [0.5, 0.6) is 0 Å². The van der Waals surface area contributed by atoms with Crippen LogP contribution in [0.3, 0.4) is 0 Å². The molecular formula is C16H15BrClF2N. The highest BCUT2D eigenvalue weighted by atomic mass is 79.9. The van der Waals surface area contributed by atoms with E-state index in [1.54, 1.807) is 18.2 Å². The molecule has 112 valence electrons. The summed E-state index contributed by atoms with van der Waals surface area (Å²) < 4.78 is 28.2. The molecule has 0 radical (unpaired) electrons. The molecule has 21 heavy (non-hydrogen) atoms. The van der Waals surface area contributed by atoms with E-state index in [2.05, 4.69) is 21.2 Å². The molecule has 2 aromatic carbocycles. The SMILES string of the molecule is CC(C)NCc1ccc(-c2c(F)ccc(Br)c2F)cc1Cl. The van der Waals surface area contributed by atoms with Gasteiger partial charge in [-0.25, -0.2) is 8.78 Å². The second-order valence-corrected chi connectivity index (χ2v) is 6.32. The average Bonchev–Trinajstić information content (AvgIpc) is 2.42. The van der Waals surface area contributed by atoms with E-state index in [9.17, 15) is 8.78 Å². The zero-order valence-corrected chi connectivity index (χ0v) is 14.0. The summed E-state index contributed by atoms with van der Waals surface area (Å²) in [6.07, 6.45) is 0. The third-order valence-corrected chi connectivity index (χ3v) is 4.05. The van der Waals surface area contributed by atoms with Crippen LogP contribution in [-0.2, 0) is 6.54 Å². The van der Waals surface area contributed by atoms with Crippen molar-refractivity contribution in [2.24, 2.45) is 0 Å². The Balaban J connectivity index is 2.39. The minimum absolute atomic E-state index is 0.0744. The fourth-order valence-corrected chi connectivity index (χ4v) is 2.53. The van der Waals surface area contributed by atoms with Crippen molar-refractivity contribution in [2.45, 2.75) is 26.4 Å². The average molecular weight is 375 g/mol. The lowest BCUT2D eigenvalue weighted by molar-refractivity contribution is 0.585. The van der Waals surface area contributed by atoms with E-state index < -0.39 is 11.6 Å². The van der Waals surface area contributed by atoms with Crippen LogP contribution in [0.25, 0.3) is 11.1 Å². The highest BCUT2D eigenvalue weighted by Crippen LogP contribution is 2.33. The van der Waals surface area contributed by atoms with E-state index in [1.165, 1.54) is 12.1 Å². The molecule has 0 saturated carbocycles. The van der Waals surface area contributed by atoms with Crippen LogP contribution in [-0.4, -0.2) is 6.04 Å². The summed E-state index contributed by atoms with van der Waals surface area (Å²) in [4.78, 5) is 0. The van der Waals surface area contributed by atoms with Gasteiger partial charge in [-0.3, -0.25) is 0 Å². The number of hydrogen-bond donors (Lipinski definition) is 1. The quantitative estimate of drug-likeness (QED) is 0.692. The van der Waals surface area contributed by atoms with E-state index in [0.29, 0.717) is 23.2 Å². The maximum atomic E-state index is 14.1. The van der Waals surface area contributed by atoms with Crippen molar-refractivity contribution in [1.29, 1.82) is 0 Å². The summed E-state index contributed by atoms with van der Waals surface area (Å²) in [6.45, 7) is 4.68. The first-order chi connectivity index (χ1) is 9.90. The third kappa shape index (κ3) is 3.82. The van der Waals surface area contributed by atoms with Gasteiger partial charge in [-0.2, -0.15) is 0 Å². The van der Waals surface area contributed by atoms with Crippen molar-refractivity contribution < 1.29 is 8.78 Å². The molecule has 0 heterocycles. The zero-order chi connectivity index (χ0) is 15.6. The van der Waals surface area contributed by atoms with Crippen LogP contribution in [0.4, 0.5) is 8.78 Å². The van der Waals surface area contributed by atoms with E-state index in [0.717, 1.165) is 5.56 Å². The Morgan fingerprint density at radius 3 is 2.52 bits per heavy atom. The van der Waals surface area contributed by atoms with E-state index in [4.69, 9.17) is 11.6 Å². The van der Waals surface area contributed by atoms with Crippen molar-refractivity contribution in [3.63, 3.8) is 0 Å². The monoisotopic (exact) mass is 373 g/mol. The van der Waals surface area contributed by atoms with Gasteiger partial charge in [0, 0.05) is 17.6 Å². The molecule has 0 atom stereocenters. The van der Waals surface area contributed by atoms with Crippen LogP contribution in [0, 0.1) is 11.6 Å². The maximum Gasteiger partial charge on any atom is 0.148 e. The molecule has 0 aliphatic carbocycles. The molecule has 0 spiro atoms. The normalized spacial score (nSPS) is 11.2. The Morgan fingerprint density at radius 2 is 1.90 bits per heavy atom. The summed E-state index contributed by atoms with van der Waals surface area (Å²) in [5.74, 6) is -1.24. The van der Waals surface area contributed by atoms with Crippen molar-refractivity contribution in [3.8, 4) is 11.1 Å². The number of hydrogen-bond acceptors (Lipinski definition) is 1. The number of rotatable bonds is 4. The molecular weight excluding hydrogens is 360 g/mol. The first kappa shape index (κ1) is 16.4. The summed E-state index contributed by atoms with van der Waals surface area (Å²) in [5.41, 5.74) is 1.24. The Hall–Kier alpha value is -0.970. The number of nitrogens with one attached hydrogen (secondary N) is 1. The Bertz CT molecular complexity index is 659. The van der Waals surface area contributed by atoms with E-state index >= 15 is 0 Å². The third-order valence-electron chi connectivity index (χ3n) is 3.09. The van der Waals surface area contributed by atoms with Gasteiger partial charge < -0.3 is 5.32 Å². The zero-order valence-electron chi connectivity index (χ0n) is 11.7. The smallest absolute Gasteiger partial charge is 0.148 e. The first-order valence-electron chi connectivity index (χ1n) is 6.56. The van der Waals surface area contributed by atoms with Gasteiger partial charge in [0.15, 0.2) is 0 Å². The van der Waals surface area contributed by atoms with Gasteiger partial charge in [-0.15, -0.1) is 0 Å². The minimum Gasteiger partial charge on any atom is -0.310 e. The molecule has 5 heteroatoms. The fourth-order valence-electron chi connectivity index (χ4n) is 1.95. The van der Waals surface area contributed by atoms with E-state index in [1.807, 2.05) is 13.8 Å². The minimum atomic E-state index is -0.626. The fraction of sp³-hybridized carbons (Fsp3) is 0.250. The molecule has 1 N–H and O–H groups in total. The van der Waals surface area contributed by atoms with Gasteiger partial charge in [0.1, 0.15) is 11.6 Å². The standard InChI is InChI=1S/C16H15BrClF2N/c1-9(2)21-8-11-4-3-10(7-13(11)18)15-14(19)6-5-12(17)16(15)20/h3-7,9,21H,8H2,1-2H3. The molecule has 0 fully saturated rings. The van der Waals surface area contributed by atoms with Gasteiger partial charge in [0.2, 0.25) is 0 Å². The lowest BCUT2D eigenvalue weighted by Crippen LogP contribution is -2.21. The number of benzene rings is 2. The highest BCUT2D eigenvalue weighted by molar-refractivity contribution is 9.10. The van der Waals surface area contributed by atoms with Gasteiger partial charge >= 0.3 is 0 Å². The summed E-state index contributed by atoms with van der Waals surface area (Å²) in [7, 11) is 0. The first-order valence-corrected chi connectivity index (χ1v) is 7.73. The summed E-state index contributed by atoms with van der Waals surface area (Å²) in [6, 6.07) is 7.96. The second kappa shape index (κ2) is 6.86. The number of halogens is 4. The van der Waals surface area contributed by atoms with Crippen LogP contribution < -0.4 is 5.32 Å². The molecule has 0 aliphatic rings. The summed E-state index contributed by atoms with van der Waals surface area (Å²) >= 11 is 9.28. The molecule has 0 saturated heterocycles. The predicted molar refractivity (Wildman–Crippen MR) is 86.5 cm³/mol. The van der Waals surface area contributed by atoms with Crippen LogP contribution >= 0.6 is 27.5 Å². The van der Waals surface area contributed by atoms with Crippen LogP contribution in [0.15, 0.2) is 34.8 Å². The van der Waals surface area contributed by atoms with Gasteiger partial charge in [0.05, 0.1) is 10.0 Å². The van der Waals surface area contributed by atoms with Crippen molar-refractivity contribution in [2.75, 3.05) is 0 Å². The molecule has 0 amide bonds. The largest absolute Gasteiger partial charge is 0.310 e. The Labute approximate surface area is 136 Å². The van der Waals surface area contributed by atoms with Crippen LogP contribution in [0.1, 0.15) is 19.4 Å². The topological polar surface area (TPSA) is 12.0 Å². The van der Waals surface area contributed by atoms with Crippen LogP contribution in [0.2, 0.25) is 5.02 Å². The van der Waals surface area contributed by atoms with Gasteiger partial charge in [-0.1, -0.05) is 37.6 Å². The van der Waals surface area contributed by atoms with Gasteiger partial charge in [0.25, 0.3) is 0 Å². The Kier molecular flexibility index (Phi) is 5.36.